The first-order chi connectivity index (χ1) is 12.1. The molecule has 0 aliphatic heterocycles. The van der Waals surface area contributed by atoms with Crippen LogP contribution in [-0.2, 0) is 4.79 Å². The summed E-state index contributed by atoms with van der Waals surface area (Å²) >= 11 is 0. The van der Waals surface area contributed by atoms with Gasteiger partial charge in [-0.3, -0.25) is 4.79 Å². The van der Waals surface area contributed by atoms with Crippen molar-refractivity contribution < 1.29 is 9.53 Å². The van der Waals surface area contributed by atoms with Crippen LogP contribution in [0.15, 0.2) is 54.6 Å². The van der Waals surface area contributed by atoms with Gasteiger partial charge >= 0.3 is 0 Å². The van der Waals surface area contributed by atoms with Gasteiger partial charge in [-0.1, -0.05) is 44.2 Å². The third-order valence-corrected chi connectivity index (χ3v) is 3.92. The second kappa shape index (κ2) is 10.4. The molecule has 2 rings (SSSR count). The van der Waals surface area contributed by atoms with Crippen molar-refractivity contribution in [3.8, 4) is 5.75 Å². The lowest BCUT2D eigenvalue weighted by atomic mass is 10.0. The van der Waals surface area contributed by atoms with E-state index in [-0.39, 0.29) is 5.91 Å². The summed E-state index contributed by atoms with van der Waals surface area (Å²) in [6.45, 7) is 6.23. The Morgan fingerprint density at radius 3 is 2.40 bits per heavy atom. The van der Waals surface area contributed by atoms with Gasteiger partial charge in [-0.05, 0) is 42.2 Å². The highest BCUT2D eigenvalue weighted by molar-refractivity contribution is 5.75. The van der Waals surface area contributed by atoms with Crippen LogP contribution in [0.1, 0.15) is 38.2 Å². The molecule has 1 amide bonds. The number of ether oxygens (including phenoxy) is 1. The highest BCUT2D eigenvalue weighted by atomic mass is 16.5. The standard InChI is InChI=1S/C21H28N2O2/c1-17(2)18-9-11-20(12-10-18)25-16-13-21(24)23-15-6-14-22-19-7-4-3-5-8-19/h3-5,7-12,17,22H,6,13-16H2,1-2H3,(H,23,24). The van der Waals surface area contributed by atoms with Crippen LogP contribution in [0.3, 0.4) is 0 Å². The van der Waals surface area contributed by atoms with Crippen LogP contribution in [0.2, 0.25) is 0 Å². The molecular formula is C21H28N2O2. The lowest BCUT2D eigenvalue weighted by Gasteiger charge is -2.10. The van der Waals surface area contributed by atoms with Crippen molar-refractivity contribution in [3.05, 3.63) is 60.2 Å². The molecule has 0 aliphatic rings. The van der Waals surface area contributed by atoms with E-state index in [9.17, 15) is 4.79 Å². The van der Waals surface area contributed by atoms with Gasteiger partial charge in [0.15, 0.2) is 0 Å². The number of hydrogen-bond acceptors (Lipinski definition) is 3. The molecule has 0 unspecified atom stereocenters. The van der Waals surface area contributed by atoms with E-state index in [2.05, 4.69) is 36.6 Å². The van der Waals surface area contributed by atoms with Crippen molar-refractivity contribution in [1.29, 1.82) is 0 Å². The molecule has 0 atom stereocenters. The van der Waals surface area contributed by atoms with E-state index in [4.69, 9.17) is 4.74 Å². The van der Waals surface area contributed by atoms with Gasteiger partial charge in [0.2, 0.25) is 5.91 Å². The fourth-order valence-electron chi connectivity index (χ4n) is 2.40. The third kappa shape index (κ3) is 7.29. The van der Waals surface area contributed by atoms with Crippen LogP contribution in [0.4, 0.5) is 5.69 Å². The molecule has 0 aliphatic carbocycles. The lowest BCUT2D eigenvalue weighted by Crippen LogP contribution is -2.27. The number of para-hydroxylation sites is 1. The Morgan fingerprint density at radius 2 is 1.72 bits per heavy atom. The van der Waals surface area contributed by atoms with E-state index in [0.29, 0.717) is 25.5 Å². The molecule has 2 aromatic carbocycles. The summed E-state index contributed by atoms with van der Waals surface area (Å²) in [5.41, 5.74) is 2.39. The van der Waals surface area contributed by atoms with Crippen LogP contribution in [0.5, 0.6) is 5.75 Å². The number of hydrogen-bond donors (Lipinski definition) is 2. The smallest absolute Gasteiger partial charge is 0.223 e. The molecule has 134 valence electrons. The molecule has 2 aromatic rings. The van der Waals surface area contributed by atoms with E-state index in [1.165, 1.54) is 5.56 Å². The maximum atomic E-state index is 11.8. The fourth-order valence-corrected chi connectivity index (χ4v) is 2.40. The Labute approximate surface area is 150 Å². The predicted molar refractivity (Wildman–Crippen MR) is 103 cm³/mol. The van der Waals surface area contributed by atoms with Gasteiger partial charge < -0.3 is 15.4 Å². The minimum atomic E-state index is 0.0264. The molecule has 4 heteroatoms. The van der Waals surface area contributed by atoms with Gasteiger partial charge in [0.25, 0.3) is 0 Å². The number of carbonyl (C=O) groups excluding carboxylic acids is 1. The molecule has 25 heavy (non-hydrogen) atoms. The molecule has 0 heterocycles. The highest BCUT2D eigenvalue weighted by Gasteiger charge is 2.03. The summed E-state index contributed by atoms with van der Waals surface area (Å²) in [5, 5.41) is 6.24. The normalized spacial score (nSPS) is 10.5. The van der Waals surface area contributed by atoms with Gasteiger partial charge in [0.1, 0.15) is 5.75 Å². The first-order valence-electron chi connectivity index (χ1n) is 8.93. The van der Waals surface area contributed by atoms with E-state index >= 15 is 0 Å². The quantitative estimate of drug-likeness (QED) is 0.637. The van der Waals surface area contributed by atoms with Crippen LogP contribution in [0.25, 0.3) is 0 Å². The minimum absolute atomic E-state index is 0.0264. The van der Waals surface area contributed by atoms with E-state index in [1.54, 1.807) is 0 Å². The summed E-state index contributed by atoms with van der Waals surface area (Å²) in [4.78, 5) is 11.8. The zero-order valence-corrected chi connectivity index (χ0v) is 15.1. The summed E-state index contributed by atoms with van der Waals surface area (Å²) in [5.74, 6) is 1.35. The summed E-state index contributed by atoms with van der Waals surface area (Å²) in [6.07, 6.45) is 1.26. The Morgan fingerprint density at radius 1 is 1.00 bits per heavy atom. The topological polar surface area (TPSA) is 50.4 Å². The third-order valence-electron chi connectivity index (χ3n) is 3.92. The van der Waals surface area contributed by atoms with Crippen LogP contribution in [-0.4, -0.2) is 25.6 Å². The predicted octanol–water partition coefficient (Wildman–Crippen LogP) is 4.20. The van der Waals surface area contributed by atoms with Crippen molar-refractivity contribution in [2.75, 3.05) is 25.0 Å². The summed E-state index contributed by atoms with van der Waals surface area (Å²) in [6, 6.07) is 18.1. The van der Waals surface area contributed by atoms with Crippen molar-refractivity contribution in [2.45, 2.75) is 32.6 Å². The SMILES string of the molecule is CC(C)c1ccc(OCCC(=O)NCCCNc2ccccc2)cc1. The van der Waals surface area contributed by atoms with Gasteiger partial charge in [-0.25, -0.2) is 0 Å². The molecule has 0 saturated heterocycles. The van der Waals surface area contributed by atoms with Crippen LogP contribution >= 0.6 is 0 Å². The van der Waals surface area contributed by atoms with Crippen LogP contribution < -0.4 is 15.4 Å². The maximum Gasteiger partial charge on any atom is 0.223 e. The first-order valence-corrected chi connectivity index (χ1v) is 8.93. The fraction of sp³-hybridized carbons (Fsp3) is 0.381. The number of benzene rings is 2. The average molecular weight is 340 g/mol. The molecule has 0 saturated carbocycles. The van der Waals surface area contributed by atoms with E-state index in [1.807, 2.05) is 42.5 Å². The number of nitrogens with one attached hydrogen (secondary N) is 2. The molecule has 0 radical (unpaired) electrons. The molecule has 2 N–H and O–H groups in total. The molecular weight excluding hydrogens is 312 g/mol. The molecule has 0 aromatic heterocycles. The second-order valence-corrected chi connectivity index (χ2v) is 6.32. The Kier molecular flexibility index (Phi) is 7.83. The minimum Gasteiger partial charge on any atom is -0.493 e. The first kappa shape index (κ1) is 18.8. The van der Waals surface area contributed by atoms with Gasteiger partial charge in [0, 0.05) is 18.8 Å². The number of carbonyl (C=O) groups is 1. The second-order valence-electron chi connectivity index (χ2n) is 6.32. The Bertz CT molecular complexity index is 624. The summed E-state index contributed by atoms with van der Waals surface area (Å²) < 4.78 is 5.62. The van der Waals surface area contributed by atoms with Crippen molar-refractivity contribution in [1.82, 2.24) is 5.32 Å². The largest absolute Gasteiger partial charge is 0.493 e. The van der Waals surface area contributed by atoms with Gasteiger partial charge in [-0.15, -0.1) is 0 Å². The average Bonchev–Trinajstić information content (AvgIpc) is 2.63. The molecule has 0 bridgehead atoms. The van der Waals surface area contributed by atoms with Crippen molar-refractivity contribution in [2.24, 2.45) is 0 Å². The zero-order valence-electron chi connectivity index (χ0n) is 15.1. The number of anilines is 1. The van der Waals surface area contributed by atoms with Crippen LogP contribution in [0, 0.1) is 0 Å². The van der Waals surface area contributed by atoms with Gasteiger partial charge in [-0.2, -0.15) is 0 Å². The van der Waals surface area contributed by atoms with E-state index < -0.39 is 0 Å². The van der Waals surface area contributed by atoms with Gasteiger partial charge in [0.05, 0.1) is 13.0 Å². The monoisotopic (exact) mass is 340 g/mol. The number of rotatable bonds is 10. The maximum absolute atomic E-state index is 11.8. The molecule has 0 fully saturated rings. The van der Waals surface area contributed by atoms with E-state index in [0.717, 1.165) is 24.4 Å². The molecule has 0 spiro atoms. The number of amides is 1. The summed E-state index contributed by atoms with van der Waals surface area (Å²) in [7, 11) is 0. The Balaban J connectivity index is 1.53. The highest BCUT2D eigenvalue weighted by Crippen LogP contribution is 2.18. The van der Waals surface area contributed by atoms with Crippen molar-refractivity contribution >= 4 is 11.6 Å². The zero-order chi connectivity index (χ0) is 17.9. The molecule has 4 nitrogen and oxygen atoms in total. The Hall–Kier alpha value is -2.49. The van der Waals surface area contributed by atoms with Crippen molar-refractivity contribution in [3.63, 3.8) is 0 Å². The lowest BCUT2D eigenvalue weighted by molar-refractivity contribution is -0.121.